The third-order valence-electron chi connectivity index (χ3n) is 4.55. The van der Waals surface area contributed by atoms with Gasteiger partial charge in [-0.25, -0.2) is 4.98 Å². The van der Waals surface area contributed by atoms with Crippen LogP contribution in [0.25, 0.3) is 16.8 Å². The molecule has 0 aliphatic carbocycles. The average molecular weight is 346 g/mol. The van der Waals surface area contributed by atoms with Crippen molar-refractivity contribution >= 4 is 22.8 Å². The second kappa shape index (κ2) is 6.30. The molecule has 0 N–H and O–H groups in total. The van der Waals surface area contributed by atoms with E-state index in [0.717, 1.165) is 22.5 Å². The standard InChI is InChI=1S/C21H18N2OS/c1-14-5-3-6-15(2)20(14)18-7-4-9-23-17(12-22-21(18)23)11-19(24)16-8-10-25-13-16/h3-10,12-13H,11H2,1-2H3. The number of rotatable bonds is 4. The maximum atomic E-state index is 12.4. The first-order valence-electron chi connectivity index (χ1n) is 8.22. The predicted octanol–water partition coefficient (Wildman–Crippen LogP) is 5.11. The topological polar surface area (TPSA) is 34.4 Å². The van der Waals surface area contributed by atoms with Crippen LogP contribution in [0.15, 0.2) is 59.6 Å². The van der Waals surface area contributed by atoms with Gasteiger partial charge >= 0.3 is 0 Å². The van der Waals surface area contributed by atoms with E-state index < -0.39 is 0 Å². The van der Waals surface area contributed by atoms with Gasteiger partial charge in [-0.15, -0.1) is 0 Å². The minimum atomic E-state index is 0.125. The summed E-state index contributed by atoms with van der Waals surface area (Å²) in [5.74, 6) is 0.125. The van der Waals surface area contributed by atoms with Crippen molar-refractivity contribution in [2.75, 3.05) is 0 Å². The zero-order valence-electron chi connectivity index (χ0n) is 14.2. The summed E-state index contributed by atoms with van der Waals surface area (Å²) in [5, 5.41) is 3.83. The average Bonchev–Trinajstić information content (AvgIpc) is 3.25. The Balaban J connectivity index is 1.80. The number of pyridine rings is 1. The summed E-state index contributed by atoms with van der Waals surface area (Å²) >= 11 is 1.54. The Kier molecular flexibility index (Phi) is 3.98. The fraction of sp³-hybridized carbons (Fsp3) is 0.143. The van der Waals surface area contributed by atoms with Gasteiger partial charge < -0.3 is 4.40 Å². The number of Topliss-reactive ketones (excluding diaryl/α,β-unsaturated/α-hetero) is 1. The molecule has 0 aliphatic heterocycles. The summed E-state index contributed by atoms with van der Waals surface area (Å²) in [6, 6.07) is 12.3. The maximum absolute atomic E-state index is 12.4. The van der Waals surface area contributed by atoms with E-state index in [-0.39, 0.29) is 5.78 Å². The first kappa shape index (κ1) is 15.8. The molecule has 4 rings (SSSR count). The van der Waals surface area contributed by atoms with Crippen LogP contribution in [-0.4, -0.2) is 15.2 Å². The second-order valence-electron chi connectivity index (χ2n) is 6.24. The molecule has 3 heterocycles. The van der Waals surface area contributed by atoms with Crippen molar-refractivity contribution in [2.24, 2.45) is 0 Å². The number of fused-ring (bicyclic) bond motifs is 1. The molecule has 4 aromatic rings. The van der Waals surface area contributed by atoms with Crippen LogP contribution in [0.1, 0.15) is 27.2 Å². The molecular weight excluding hydrogens is 328 g/mol. The van der Waals surface area contributed by atoms with Crippen LogP contribution in [0.3, 0.4) is 0 Å². The van der Waals surface area contributed by atoms with Crippen molar-refractivity contribution in [3.8, 4) is 11.1 Å². The number of nitrogens with zero attached hydrogens (tertiary/aromatic N) is 2. The lowest BCUT2D eigenvalue weighted by atomic mass is 9.96. The van der Waals surface area contributed by atoms with Gasteiger partial charge in [0, 0.05) is 28.9 Å². The van der Waals surface area contributed by atoms with Crippen LogP contribution in [0.4, 0.5) is 0 Å². The van der Waals surface area contributed by atoms with Gasteiger partial charge in [0.1, 0.15) is 5.65 Å². The molecular formula is C21H18N2OS. The normalized spacial score (nSPS) is 11.1. The lowest BCUT2D eigenvalue weighted by Gasteiger charge is -2.11. The smallest absolute Gasteiger partial charge is 0.169 e. The van der Waals surface area contributed by atoms with E-state index in [1.54, 1.807) is 11.3 Å². The van der Waals surface area contributed by atoms with Crippen LogP contribution in [0.5, 0.6) is 0 Å². The molecule has 3 aromatic heterocycles. The minimum absolute atomic E-state index is 0.125. The quantitative estimate of drug-likeness (QED) is 0.482. The Morgan fingerprint density at radius 2 is 1.92 bits per heavy atom. The number of hydrogen-bond acceptors (Lipinski definition) is 3. The van der Waals surface area contributed by atoms with Gasteiger partial charge in [-0.1, -0.05) is 18.2 Å². The zero-order chi connectivity index (χ0) is 17.4. The highest BCUT2D eigenvalue weighted by Gasteiger charge is 2.15. The fourth-order valence-corrected chi connectivity index (χ4v) is 3.98. The van der Waals surface area contributed by atoms with Gasteiger partial charge in [-0.3, -0.25) is 4.79 Å². The summed E-state index contributed by atoms with van der Waals surface area (Å²) < 4.78 is 2.03. The van der Waals surface area contributed by atoms with Crippen LogP contribution >= 0.6 is 11.3 Å². The molecule has 0 saturated carbocycles. The molecule has 1 aromatic carbocycles. The number of imidazole rings is 1. The summed E-state index contributed by atoms with van der Waals surface area (Å²) in [6.45, 7) is 4.24. The molecule has 0 bridgehead atoms. The highest BCUT2D eigenvalue weighted by atomic mass is 32.1. The molecule has 4 heteroatoms. The van der Waals surface area contributed by atoms with Crippen molar-refractivity contribution in [3.05, 3.63) is 81.9 Å². The first-order valence-corrected chi connectivity index (χ1v) is 9.16. The van der Waals surface area contributed by atoms with E-state index in [4.69, 9.17) is 0 Å². The van der Waals surface area contributed by atoms with Crippen molar-refractivity contribution < 1.29 is 4.79 Å². The zero-order valence-corrected chi connectivity index (χ0v) is 15.0. The molecule has 0 atom stereocenters. The monoisotopic (exact) mass is 346 g/mol. The summed E-state index contributed by atoms with van der Waals surface area (Å²) in [7, 11) is 0. The van der Waals surface area contributed by atoms with Crippen molar-refractivity contribution in [1.82, 2.24) is 9.38 Å². The van der Waals surface area contributed by atoms with Gasteiger partial charge in [-0.2, -0.15) is 11.3 Å². The molecule has 0 aliphatic rings. The molecule has 0 fully saturated rings. The van der Waals surface area contributed by atoms with Gasteiger partial charge in [0.25, 0.3) is 0 Å². The molecule has 0 amide bonds. The van der Waals surface area contributed by atoms with Gasteiger partial charge in [-0.05, 0) is 54.1 Å². The fourth-order valence-electron chi connectivity index (χ4n) is 3.32. The highest BCUT2D eigenvalue weighted by molar-refractivity contribution is 7.08. The molecule has 0 unspecified atom stereocenters. The second-order valence-corrected chi connectivity index (χ2v) is 7.02. The number of thiophene rings is 1. The van der Waals surface area contributed by atoms with Crippen LogP contribution in [-0.2, 0) is 6.42 Å². The van der Waals surface area contributed by atoms with Crippen LogP contribution in [0, 0.1) is 13.8 Å². The van der Waals surface area contributed by atoms with Crippen LogP contribution < -0.4 is 0 Å². The summed E-state index contributed by atoms with van der Waals surface area (Å²) in [6.07, 6.45) is 4.15. The van der Waals surface area contributed by atoms with Crippen molar-refractivity contribution in [2.45, 2.75) is 20.3 Å². The summed E-state index contributed by atoms with van der Waals surface area (Å²) in [5.41, 5.74) is 7.36. The third-order valence-corrected chi connectivity index (χ3v) is 5.23. The maximum Gasteiger partial charge on any atom is 0.169 e. The SMILES string of the molecule is Cc1cccc(C)c1-c1cccn2c(CC(=O)c3ccsc3)cnc12. The number of benzene rings is 1. The van der Waals surface area contributed by atoms with Crippen molar-refractivity contribution in [3.63, 3.8) is 0 Å². The summed E-state index contributed by atoms with van der Waals surface area (Å²) in [4.78, 5) is 17.1. The van der Waals surface area contributed by atoms with Crippen LogP contribution in [0.2, 0.25) is 0 Å². The van der Waals surface area contributed by atoms with Crippen molar-refractivity contribution in [1.29, 1.82) is 0 Å². The number of ketones is 1. The van der Waals surface area contributed by atoms with Gasteiger partial charge in [0.2, 0.25) is 0 Å². The Morgan fingerprint density at radius 3 is 2.64 bits per heavy atom. The molecule has 25 heavy (non-hydrogen) atoms. The lowest BCUT2D eigenvalue weighted by molar-refractivity contribution is 0.0992. The molecule has 0 spiro atoms. The van der Waals surface area contributed by atoms with E-state index in [9.17, 15) is 4.79 Å². The van der Waals surface area contributed by atoms with E-state index in [1.165, 1.54) is 16.7 Å². The number of carbonyl (C=O) groups excluding carboxylic acids is 1. The van der Waals surface area contributed by atoms with Gasteiger partial charge in [0.05, 0.1) is 12.1 Å². The highest BCUT2D eigenvalue weighted by Crippen LogP contribution is 2.30. The Labute approximate surface area is 150 Å². The van der Waals surface area contributed by atoms with E-state index in [0.29, 0.717) is 6.42 Å². The largest absolute Gasteiger partial charge is 0.303 e. The molecule has 0 radical (unpaired) electrons. The van der Waals surface area contributed by atoms with E-state index in [2.05, 4.69) is 43.1 Å². The Bertz CT molecular complexity index is 1040. The molecule has 124 valence electrons. The number of carbonyl (C=O) groups is 1. The first-order chi connectivity index (χ1) is 12.1. The Morgan fingerprint density at radius 1 is 1.12 bits per heavy atom. The van der Waals surface area contributed by atoms with E-state index in [1.807, 2.05) is 39.7 Å². The Hall–Kier alpha value is -2.72. The lowest BCUT2D eigenvalue weighted by Crippen LogP contribution is -2.04. The minimum Gasteiger partial charge on any atom is -0.303 e. The molecule has 3 nitrogen and oxygen atoms in total. The van der Waals surface area contributed by atoms with Gasteiger partial charge in [0.15, 0.2) is 5.78 Å². The number of hydrogen-bond donors (Lipinski definition) is 0. The third kappa shape index (κ3) is 2.79. The predicted molar refractivity (Wildman–Crippen MR) is 102 cm³/mol. The molecule has 0 saturated heterocycles. The van der Waals surface area contributed by atoms with E-state index >= 15 is 0 Å². The number of aryl methyl sites for hydroxylation is 2. The number of aromatic nitrogens is 2.